The topological polar surface area (TPSA) is 58.8 Å². The van der Waals surface area contributed by atoms with Crippen molar-refractivity contribution in [3.63, 3.8) is 0 Å². The number of nitriles is 1. The van der Waals surface area contributed by atoms with Crippen LogP contribution in [0.15, 0.2) is 53.0 Å². The lowest BCUT2D eigenvalue weighted by molar-refractivity contribution is 0.467. The van der Waals surface area contributed by atoms with E-state index in [4.69, 9.17) is 20.0 Å². The zero-order valence-corrected chi connectivity index (χ0v) is 19.0. The fourth-order valence-corrected chi connectivity index (χ4v) is 5.27. The molecule has 4 aromatic rings. The molecule has 0 amide bonds. The standard InChI is InChI=1S/C25H18BrN3OS/c26-18-10-5-16(6-11-18)9-14-22-28-24(30-19-12-7-17(15-27)8-13-19)23-20-3-1-2-4-21(20)31-25(23)29-22/h5-14H,1-4H2/b14-9+. The van der Waals surface area contributed by atoms with Crippen LogP contribution in [0.25, 0.3) is 22.4 Å². The Morgan fingerprint density at radius 2 is 1.74 bits per heavy atom. The van der Waals surface area contributed by atoms with Gasteiger partial charge >= 0.3 is 0 Å². The number of nitrogens with zero attached hydrogens (tertiary/aromatic N) is 3. The van der Waals surface area contributed by atoms with Crippen molar-refractivity contribution in [2.24, 2.45) is 0 Å². The van der Waals surface area contributed by atoms with Gasteiger partial charge in [0.05, 0.1) is 17.0 Å². The third-order valence-corrected chi connectivity index (χ3v) is 7.01. The van der Waals surface area contributed by atoms with Gasteiger partial charge in [-0.05, 0) is 79.3 Å². The number of hydrogen-bond donors (Lipinski definition) is 0. The first-order valence-corrected chi connectivity index (χ1v) is 11.7. The highest BCUT2D eigenvalue weighted by Crippen LogP contribution is 2.40. The summed E-state index contributed by atoms with van der Waals surface area (Å²) in [6.07, 6.45) is 8.46. The van der Waals surface area contributed by atoms with Crippen LogP contribution in [0.5, 0.6) is 11.6 Å². The minimum atomic E-state index is 0.588. The summed E-state index contributed by atoms with van der Waals surface area (Å²) in [7, 11) is 0. The van der Waals surface area contributed by atoms with Crippen LogP contribution in [-0.2, 0) is 12.8 Å². The van der Waals surface area contributed by atoms with Gasteiger partial charge in [-0.15, -0.1) is 11.3 Å². The second-order valence-electron chi connectivity index (χ2n) is 7.40. The maximum atomic E-state index is 9.05. The fraction of sp³-hybridized carbons (Fsp3) is 0.160. The molecule has 0 spiro atoms. The lowest BCUT2D eigenvalue weighted by atomic mass is 9.97. The molecule has 1 aliphatic carbocycles. The van der Waals surface area contributed by atoms with E-state index in [1.165, 1.54) is 23.3 Å². The fourth-order valence-electron chi connectivity index (χ4n) is 3.74. The van der Waals surface area contributed by atoms with Gasteiger partial charge in [0.15, 0.2) is 5.82 Å². The Labute approximate surface area is 193 Å². The minimum absolute atomic E-state index is 0.588. The highest BCUT2D eigenvalue weighted by atomic mass is 79.9. The highest BCUT2D eigenvalue weighted by Gasteiger charge is 2.22. The molecule has 6 heteroatoms. The van der Waals surface area contributed by atoms with Crippen LogP contribution in [0.1, 0.15) is 40.2 Å². The Kier molecular flexibility index (Phi) is 5.54. The first-order valence-electron chi connectivity index (χ1n) is 10.1. The predicted octanol–water partition coefficient (Wildman–Crippen LogP) is 7.17. The van der Waals surface area contributed by atoms with Crippen LogP contribution >= 0.6 is 27.3 Å². The lowest BCUT2D eigenvalue weighted by Crippen LogP contribution is -2.00. The Morgan fingerprint density at radius 3 is 2.52 bits per heavy atom. The van der Waals surface area contributed by atoms with Crippen LogP contribution in [0, 0.1) is 11.3 Å². The van der Waals surface area contributed by atoms with Crippen molar-refractivity contribution in [3.05, 3.63) is 80.4 Å². The Bertz CT molecular complexity index is 1320. The maximum absolute atomic E-state index is 9.05. The summed E-state index contributed by atoms with van der Waals surface area (Å²) in [6.45, 7) is 0. The molecule has 0 unspecified atom stereocenters. The first kappa shape index (κ1) is 19.9. The molecule has 0 N–H and O–H groups in total. The summed E-state index contributed by atoms with van der Waals surface area (Å²) in [5.74, 6) is 1.87. The first-order chi connectivity index (χ1) is 15.2. The maximum Gasteiger partial charge on any atom is 0.231 e. The van der Waals surface area contributed by atoms with Crippen molar-refractivity contribution in [2.45, 2.75) is 25.7 Å². The molecule has 2 aromatic heterocycles. The van der Waals surface area contributed by atoms with E-state index < -0.39 is 0 Å². The van der Waals surface area contributed by atoms with Crippen molar-refractivity contribution in [3.8, 4) is 17.7 Å². The van der Waals surface area contributed by atoms with E-state index in [9.17, 15) is 0 Å². The van der Waals surface area contributed by atoms with E-state index in [1.807, 2.05) is 48.6 Å². The van der Waals surface area contributed by atoms with Gasteiger partial charge in [-0.1, -0.05) is 34.1 Å². The summed E-state index contributed by atoms with van der Waals surface area (Å²) in [6, 6.07) is 17.4. The molecule has 0 aliphatic heterocycles. The molecule has 0 atom stereocenters. The normalized spacial score (nSPS) is 13.3. The SMILES string of the molecule is N#Cc1ccc(Oc2nc(/C=C/c3ccc(Br)cc3)nc3sc4c(c23)CCCC4)cc1. The number of halogens is 1. The van der Waals surface area contributed by atoms with Gasteiger partial charge in [0, 0.05) is 9.35 Å². The summed E-state index contributed by atoms with van der Waals surface area (Å²) < 4.78 is 7.28. The molecule has 152 valence electrons. The molecule has 2 aromatic carbocycles. The predicted molar refractivity (Wildman–Crippen MR) is 128 cm³/mol. The summed E-state index contributed by atoms with van der Waals surface area (Å²) in [4.78, 5) is 12.0. The van der Waals surface area contributed by atoms with Gasteiger partial charge in [0.2, 0.25) is 5.88 Å². The van der Waals surface area contributed by atoms with E-state index in [-0.39, 0.29) is 0 Å². The third-order valence-electron chi connectivity index (χ3n) is 5.29. The molecule has 0 saturated heterocycles. The quantitative estimate of drug-likeness (QED) is 0.306. The van der Waals surface area contributed by atoms with Crippen LogP contribution in [0.3, 0.4) is 0 Å². The molecule has 0 radical (unpaired) electrons. The molecule has 0 bridgehead atoms. The number of ether oxygens (including phenoxy) is 1. The zero-order chi connectivity index (χ0) is 21.2. The second-order valence-corrected chi connectivity index (χ2v) is 9.40. The van der Waals surface area contributed by atoms with Gasteiger partial charge in [-0.2, -0.15) is 10.2 Å². The summed E-state index contributed by atoms with van der Waals surface area (Å²) in [5, 5.41) is 10.1. The smallest absolute Gasteiger partial charge is 0.231 e. The Balaban J connectivity index is 1.57. The van der Waals surface area contributed by atoms with Crippen LogP contribution in [0.4, 0.5) is 0 Å². The molecular weight excluding hydrogens is 470 g/mol. The van der Waals surface area contributed by atoms with Crippen molar-refractivity contribution in [1.82, 2.24) is 9.97 Å². The Hall–Kier alpha value is -3.01. The van der Waals surface area contributed by atoms with Crippen molar-refractivity contribution in [1.29, 1.82) is 5.26 Å². The molecule has 4 nitrogen and oxygen atoms in total. The molecule has 31 heavy (non-hydrogen) atoms. The Morgan fingerprint density at radius 1 is 0.968 bits per heavy atom. The zero-order valence-electron chi connectivity index (χ0n) is 16.6. The van der Waals surface area contributed by atoms with Gasteiger partial charge < -0.3 is 4.74 Å². The second kappa shape index (κ2) is 8.62. The number of thiophene rings is 1. The largest absolute Gasteiger partial charge is 0.438 e. The third kappa shape index (κ3) is 4.25. The number of aromatic nitrogens is 2. The summed E-state index contributed by atoms with van der Waals surface area (Å²) >= 11 is 5.22. The molecule has 1 aliphatic rings. The van der Waals surface area contributed by atoms with E-state index >= 15 is 0 Å². The minimum Gasteiger partial charge on any atom is -0.438 e. The molecule has 5 rings (SSSR count). The molecule has 2 heterocycles. The van der Waals surface area contributed by atoms with Gasteiger partial charge in [0.25, 0.3) is 0 Å². The summed E-state index contributed by atoms with van der Waals surface area (Å²) in [5.41, 5.74) is 3.01. The van der Waals surface area contributed by atoms with Crippen molar-refractivity contribution >= 4 is 49.6 Å². The van der Waals surface area contributed by atoms with Crippen LogP contribution < -0.4 is 4.74 Å². The molecule has 0 fully saturated rings. The van der Waals surface area contributed by atoms with E-state index in [1.54, 1.807) is 23.5 Å². The van der Waals surface area contributed by atoms with E-state index in [0.717, 1.165) is 33.1 Å². The molecular formula is C25H18BrN3OS. The lowest BCUT2D eigenvalue weighted by Gasteiger charge is -2.12. The van der Waals surface area contributed by atoms with E-state index in [0.29, 0.717) is 23.0 Å². The number of hydrogen-bond acceptors (Lipinski definition) is 5. The number of rotatable bonds is 4. The number of fused-ring (bicyclic) bond motifs is 3. The van der Waals surface area contributed by atoms with Crippen LogP contribution in [-0.4, -0.2) is 9.97 Å². The van der Waals surface area contributed by atoms with Crippen LogP contribution in [0.2, 0.25) is 0 Å². The average molecular weight is 488 g/mol. The van der Waals surface area contributed by atoms with Crippen molar-refractivity contribution < 1.29 is 4.74 Å². The van der Waals surface area contributed by atoms with Gasteiger partial charge in [-0.25, -0.2) is 4.98 Å². The monoisotopic (exact) mass is 487 g/mol. The van der Waals surface area contributed by atoms with E-state index in [2.05, 4.69) is 22.0 Å². The molecule has 0 saturated carbocycles. The highest BCUT2D eigenvalue weighted by molar-refractivity contribution is 9.10. The van der Waals surface area contributed by atoms with Crippen molar-refractivity contribution in [2.75, 3.05) is 0 Å². The van der Waals surface area contributed by atoms with Gasteiger partial charge in [0.1, 0.15) is 10.6 Å². The van der Waals surface area contributed by atoms with Gasteiger partial charge in [-0.3, -0.25) is 0 Å². The number of aryl methyl sites for hydroxylation is 2. The number of benzene rings is 2. The average Bonchev–Trinajstić information content (AvgIpc) is 3.18.